The van der Waals surface area contributed by atoms with Gasteiger partial charge in [0.15, 0.2) is 0 Å². The van der Waals surface area contributed by atoms with Crippen LogP contribution in [0.3, 0.4) is 0 Å². The van der Waals surface area contributed by atoms with Crippen LogP contribution in [0.25, 0.3) is 10.8 Å². The SMILES string of the molecule is C#CCOc1ccc2cc(C(C)C(C)CC)ccc2c1. The molecular weight excluding hydrogens is 244 g/mol. The molecule has 0 aliphatic carbocycles. The van der Waals surface area contributed by atoms with Crippen LogP contribution in [0, 0.1) is 18.3 Å². The molecule has 0 amide bonds. The minimum atomic E-state index is 0.314. The third kappa shape index (κ3) is 3.14. The van der Waals surface area contributed by atoms with Gasteiger partial charge in [-0.25, -0.2) is 0 Å². The second kappa shape index (κ2) is 6.48. The highest BCUT2D eigenvalue weighted by molar-refractivity contribution is 5.84. The molecule has 1 heteroatoms. The van der Waals surface area contributed by atoms with Crippen molar-refractivity contribution in [3.63, 3.8) is 0 Å². The van der Waals surface area contributed by atoms with Crippen molar-refractivity contribution in [1.29, 1.82) is 0 Å². The molecule has 0 bridgehead atoms. The van der Waals surface area contributed by atoms with Crippen molar-refractivity contribution >= 4 is 10.8 Å². The summed E-state index contributed by atoms with van der Waals surface area (Å²) in [6.07, 6.45) is 6.42. The third-order valence-electron chi connectivity index (χ3n) is 4.18. The quantitative estimate of drug-likeness (QED) is 0.692. The molecule has 0 aliphatic rings. The van der Waals surface area contributed by atoms with Gasteiger partial charge in [0.2, 0.25) is 0 Å². The van der Waals surface area contributed by atoms with Gasteiger partial charge in [-0.2, -0.15) is 0 Å². The van der Waals surface area contributed by atoms with Gasteiger partial charge in [0.05, 0.1) is 0 Å². The minimum Gasteiger partial charge on any atom is -0.481 e. The van der Waals surface area contributed by atoms with E-state index in [1.54, 1.807) is 0 Å². The van der Waals surface area contributed by atoms with Crippen LogP contribution in [0.2, 0.25) is 0 Å². The van der Waals surface area contributed by atoms with E-state index < -0.39 is 0 Å². The molecular formula is C19H22O. The second-order valence-electron chi connectivity index (χ2n) is 5.44. The molecule has 2 aromatic carbocycles. The Morgan fingerprint density at radius 2 is 1.80 bits per heavy atom. The van der Waals surface area contributed by atoms with Gasteiger partial charge in [0, 0.05) is 0 Å². The maximum Gasteiger partial charge on any atom is 0.148 e. The zero-order valence-electron chi connectivity index (χ0n) is 12.5. The van der Waals surface area contributed by atoms with E-state index in [2.05, 4.69) is 51.0 Å². The van der Waals surface area contributed by atoms with Crippen molar-refractivity contribution in [2.45, 2.75) is 33.1 Å². The van der Waals surface area contributed by atoms with Crippen LogP contribution >= 0.6 is 0 Å². The van der Waals surface area contributed by atoms with E-state index >= 15 is 0 Å². The molecule has 0 radical (unpaired) electrons. The Morgan fingerprint density at radius 1 is 1.10 bits per heavy atom. The lowest BCUT2D eigenvalue weighted by molar-refractivity contribution is 0.371. The molecule has 0 saturated carbocycles. The van der Waals surface area contributed by atoms with Gasteiger partial charge in [-0.1, -0.05) is 57.4 Å². The summed E-state index contributed by atoms with van der Waals surface area (Å²) in [5.41, 5.74) is 1.41. The third-order valence-corrected chi connectivity index (χ3v) is 4.18. The van der Waals surface area contributed by atoms with E-state index in [4.69, 9.17) is 11.2 Å². The predicted molar refractivity (Wildman–Crippen MR) is 86.1 cm³/mol. The summed E-state index contributed by atoms with van der Waals surface area (Å²) in [4.78, 5) is 0. The first kappa shape index (κ1) is 14.5. The van der Waals surface area contributed by atoms with Gasteiger partial charge in [-0.3, -0.25) is 0 Å². The average Bonchev–Trinajstić information content (AvgIpc) is 2.50. The second-order valence-corrected chi connectivity index (χ2v) is 5.44. The lowest BCUT2D eigenvalue weighted by atomic mass is 9.86. The molecule has 1 nitrogen and oxygen atoms in total. The van der Waals surface area contributed by atoms with Gasteiger partial charge in [-0.15, -0.1) is 6.42 Å². The Bertz CT molecular complexity index is 621. The Labute approximate surface area is 122 Å². The Kier molecular flexibility index (Phi) is 4.69. The normalized spacial score (nSPS) is 13.7. The Balaban J connectivity index is 2.29. The molecule has 0 heterocycles. The molecule has 0 aromatic heterocycles. The van der Waals surface area contributed by atoms with E-state index in [9.17, 15) is 0 Å². The summed E-state index contributed by atoms with van der Waals surface area (Å²) in [6.45, 7) is 7.18. The fourth-order valence-corrected chi connectivity index (χ4v) is 2.42. The zero-order valence-corrected chi connectivity index (χ0v) is 12.5. The molecule has 2 atom stereocenters. The van der Waals surface area contributed by atoms with Gasteiger partial charge in [-0.05, 0) is 40.3 Å². The van der Waals surface area contributed by atoms with Gasteiger partial charge >= 0.3 is 0 Å². The molecule has 0 N–H and O–H groups in total. The topological polar surface area (TPSA) is 9.23 Å². The first-order valence-electron chi connectivity index (χ1n) is 7.25. The highest BCUT2D eigenvalue weighted by Crippen LogP contribution is 2.30. The highest BCUT2D eigenvalue weighted by atomic mass is 16.5. The van der Waals surface area contributed by atoms with Crippen LogP contribution in [0.4, 0.5) is 0 Å². The van der Waals surface area contributed by atoms with E-state index in [0.29, 0.717) is 18.4 Å². The molecule has 2 rings (SSSR count). The zero-order chi connectivity index (χ0) is 14.5. The average molecular weight is 266 g/mol. The first-order chi connectivity index (χ1) is 9.65. The molecule has 0 fully saturated rings. The molecule has 2 unspecified atom stereocenters. The number of hydrogen-bond acceptors (Lipinski definition) is 1. The summed E-state index contributed by atoms with van der Waals surface area (Å²) >= 11 is 0. The number of ether oxygens (including phenoxy) is 1. The van der Waals surface area contributed by atoms with Crippen LogP contribution in [0.15, 0.2) is 36.4 Å². The van der Waals surface area contributed by atoms with Gasteiger partial charge in [0.1, 0.15) is 12.4 Å². The molecule has 20 heavy (non-hydrogen) atoms. The van der Waals surface area contributed by atoms with Gasteiger partial charge < -0.3 is 4.74 Å². The number of benzene rings is 2. The molecule has 0 aliphatic heterocycles. The van der Waals surface area contributed by atoms with Crippen molar-refractivity contribution in [2.24, 2.45) is 5.92 Å². The summed E-state index contributed by atoms with van der Waals surface area (Å²) in [6, 6.07) is 12.8. The van der Waals surface area contributed by atoms with Crippen LogP contribution in [0.1, 0.15) is 38.7 Å². The monoisotopic (exact) mass is 266 g/mol. The summed E-state index contributed by atoms with van der Waals surface area (Å²) in [5, 5.41) is 2.45. The standard InChI is InChI=1S/C19H22O/c1-5-11-20-19-10-9-17-12-16(7-8-18(17)13-19)15(4)14(3)6-2/h1,7-10,12-15H,6,11H2,2-4H3. The summed E-state index contributed by atoms with van der Waals surface area (Å²) in [7, 11) is 0. The van der Waals surface area contributed by atoms with Crippen molar-refractivity contribution in [2.75, 3.05) is 6.61 Å². The van der Waals surface area contributed by atoms with Crippen molar-refractivity contribution in [1.82, 2.24) is 0 Å². The van der Waals surface area contributed by atoms with Crippen LogP contribution in [-0.4, -0.2) is 6.61 Å². The number of terminal acetylenes is 1. The van der Waals surface area contributed by atoms with Crippen molar-refractivity contribution in [3.8, 4) is 18.1 Å². The molecule has 0 saturated heterocycles. The van der Waals surface area contributed by atoms with Gasteiger partial charge in [0.25, 0.3) is 0 Å². The Hall–Kier alpha value is -1.94. The van der Waals surface area contributed by atoms with E-state index in [1.807, 2.05) is 12.1 Å². The fourth-order valence-electron chi connectivity index (χ4n) is 2.42. The Morgan fingerprint density at radius 3 is 2.50 bits per heavy atom. The van der Waals surface area contributed by atoms with Crippen LogP contribution in [0.5, 0.6) is 5.75 Å². The molecule has 0 spiro atoms. The number of hydrogen-bond donors (Lipinski definition) is 0. The predicted octanol–water partition coefficient (Wildman–Crippen LogP) is 5.00. The first-order valence-corrected chi connectivity index (χ1v) is 7.25. The van der Waals surface area contributed by atoms with E-state index in [0.717, 1.165) is 5.75 Å². The fraction of sp³-hybridized carbons (Fsp3) is 0.368. The van der Waals surface area contributed by atoms with E-state index in [-0.39, 0.29) is 0 Å². The smallest absolute Gasteiger partial charge is 0.148 e. The largest absolute Gasteiger partial charge is 0.481 e. The van der Waals surface area contributed by atoms with E-state index in [1.165, 1.54) is 22.8 Å². The van der Waals surface area contributed by atoms with Crippen LogP contribution < -0.4 is 4.74 Å². The van der Waals surface area contributed by atoms with Crippen LogP contribution in [-0.2, 0) is 0 Å². The minimum absolute atomic E-state index is 0.314. The van der Waals surface area contributed by atoms with Crippen molar-refractivity contribution < 1.29 is 4.74 Å². The summed E-state index contributed by atoms with van der Waals surface area (Å²) in [5.74, 6) is 4.60. The number of rotatable bonds is 5. The lowest BCUT2D eigenvalue weighted by Gasteiger charge is -2.19. The molecule has 2 aromatic rings. The maximum absolute atomic E-state index is 5.46. The lowest BCUT2D eigenvalue weighted by Crippen LogP contribution is -2.04. The summed E-state index contributed by atoms with van der Waals surface area (Å²) < 4.78 is 5.46. The highest BCUT2D eigenvalue weighted by Gasteiger charge is 2.12. The number of fused-ring (bicyclic) bond motifs is 1. The molecule has 104 valence electrons. The van der Waals surface area contributed by atoms with Crippen molar-refractivity contribution in [3.05, 3.63) is 42.0 Å². The maximum atomic E-state index is 5.46.